The van der Waals surface area contributed by atoms with Gasteiger partial charge in [0.15, 0.2) is 0 Å². The maximum atomic E-state index is 11.4. The third kappa shape index (κ3) is 3.70. The lowest BCUT2D eigenvalue weighted by Crippen LogP contribution is -2.37. The zero-order valence-corrected chi connectivity index (χ0v) is 10.0. The van der Waals surface area contributed by atoms with Crippen LogP contribution >= 0.6 is 0 Å². The number of amides is 1. The maximum Gasteiger partial charge on any atom is 0.409 e. The van der Waals surface area contributed by atoms with Crippen LogP contribution in [0.2, 0.25) is 0 Å². The van der Waals surface area contributed by atoms with Crippen molar-refractivity contribution < 1.29 is 14.3 Å². The summed E-state index contributed by atoms with van der Waals surface area (Å²) in [6, 6.07) is 0. The van der Waals surface area contributed by atoms with Gasteiger partial charge in [0.2, 0.25) is 0 Å². The van der Waals surface area contributed by atoms with Gasteiger partial charge in [-0.25, -0.2) is 4.79 Å². The van der Waals surface area contributed by atoms with E-state index in [-0.39, 0.29) is 18.3 Å². The average Bonchev–Trinajstić information content (AvgIpc) is 2.18. The molecule has 1 aliphatic heterocycles. The van der Waals surface area contributed by atoms with Crippen molar-refractivity contribution in [3.63, 3.8) is 0 Å². The Morgan fingerprint density at radius 3 is 2.67 bits per heavy atom. The summed E-state index contributed by atoms with van der Waals surface area (Å²) in [5.41, 5.74) is 0. The Morgan fingerprint density at radius 1 is 1.47 bits per heavy atom. The molecule has 1 rings (SSSR count). The largest absolute Gasteiger partial charge is 0.446 e. The van der Waals surface area contributed by atoms with Crippen molar-refractivity contribution in [1.29, 1.82) is 0 Å². The highest BCUT2D eigenvalue weighted by Crippen LogP contribution is 2.22. The molecule has 1 aliphatic rings. The van der Waals surface area contributed by atoms with Gasteiger partial charge < -0.3 is 14.4 Å². The summed E-state index contributed by atoms with van der Waals surface area (Å²) in [6.45, 7) is 4.94. The molecule has 15 heavy (non-hydrogen) atoms. The van der Waals surface area contributed by atoms with E-state index in [1.165, 1.54) is 4.90 Å². The first-order valence-corrected chi connectivity index (χ1v) is 5.50. The molecule has 0 N–H and O–H groups in total. The Hall–Kier alpha value is -0.770. The number of nitrogens with zero attached hydrogens (tertiary/aromatic N) is 1. The maximum absolute atomic E-state index is 11.4. The second kappa shape index (κ2) is 5.35. The first-order chi connectivity index (χ1) is 7.00. The van der Waals surface area contributed by atoms with E-state index in [2.05, 4.69) is 13.8 Å². The summed E-state index contributed by atoms with van der Waals surface area (Å²) in [7, 11) is 3.39. The van der Waals surface area contributed by atoms with Gasteiger partial charge >= 0.3 is 6.09 Å². The first-order valence-electron chi connectivity index (χ1n) is 5.50. The first kappa shape index (κ1) is 12.3. The van der Waals surface area contributed by atoms with Crippen LogP contribution in [0.4, 0.5) is 4.79 Å². The fourth-order valence-corrected chi connectivity index (χ4v) is 1.62. The van der Waals surface area contributed by atoms with Crippen LogP contribution < -0.4 is 0 Å². The third-order valence-electron chi connectivity index (χ3n) is 2.64. The third-order valence-corrected chi connectivity index (χ3v) is 2.64. The van der Waals surface area contributed by atoms with Crippen molar-refractivity contribution >= 4 is 6.09 Å². The van der Waals surface area contributed by atoms with Gasteiger partial charge in [0, 0.05) is 26.9 Å². The van der Waals surface area contributed by atoms with Crippen LogP contribution in [-0.2, 0) is 9.47 Å². The number of rotatable bonds is 2. The van der Waals surface area contributed by atoms with Crippen LogP contribution in [-0.4, -0.2) is 43.9 Å². The standard InChI is InChI=1S/C11H21NO3/c1-8(2)10-7-9(5-6-14-10)15-11(13)12(3)4/h8-10H,5-7H2,1-4H3. The van der Waals surface area contributed by atoms with E-state index in [1.807, 2.05) is 0 Å². The molecule has 2 unspecified atom stereocenters. The van der Waals surface area contributed by atoms with Crippen LogP contribution in [0.5, 0.6) is 0 Å². The van der Waals surface area contributed by atoms with Gasteiger partial charge in [0.05, 0.1) is 12.7 Å². The number of carbonyl (C=O) groups is 1. The molecular formula is C11H21NO3. The van der Waals surface area contributed by atoms with Crippen molar-refractivity contribution in [3.05, 3.63) is 0 Å². The van der Waals surface area contributed by atoms with Gasteiger partial charge in [-0.1, -0.05) is 13.8 Å². The van der Waals surface area contributed by atoms with Crippen LogP contribution in [0.1, 0.15) is 26.7 Å². The van der Waals surface area contributed by atoms with Crippen LogP contribution in [0.3, 0.4) is 0 Å². The molecule has 88 valence electrons. The van der Waals surface area contributed by atoms with Crippen LogP contribution in [0.25, 0.3) is 0 Å². The van der Waals surface area contributed by atoms with Gasteiger partial charge in [-0.15, -0.1) is 0 Å². The summed E-state index contributed by atoms with van der Waals surface area (Å²) in [5, 5.41) is 0. The summed E-state index contributed by atoms with van der Waals surface area (Å²) < 4.78 is 10.9. The molecule has 0 spiro atoms. The minimum absolute atomic E-state index is 0.0149. The van der Waals surface area contributed by atoms with E-state index in [0.29, 0.717) is 12.5 Å². The SMILES string of the molecule is CC(C)C1CC(OC(=O)N(C)C)CCO1. The lowest BCUT2D eigenvalue weighted by atomic mass is 9.97. The second-order valence-corrected chi connectivity index (χ2v) is 4.58. The predicted molar refractivity (Wildman–Crippen MR) is 57.8 cm³/mol. The Balaban J connectivity index is 2.39. The Bertz CT molecular complexity index is 216. The topological polar surface area (TPSA) is 38.8 Å². The number of hydrogen-bond donors (Lipinski definition) is 0. The smallest absolute Gasteiger partial charge is 0.409 e. The van der Waals surface area contributed by atoms with Gasteiger partial charge in [-0.3, -0.25) is 0 Å². The Kier molecular flexibility index (Phi) is 4.39. The summed E-state index contributed by atoms with van der Waals surface area (Å²) >= 11 is 0. The predicted octanol–water partition coefficient (Wildman–Crippen LogP) is 1.89. The fraction of sp³-hybridized carbons (Fsp3) is 0.909. The molecule has 0 bridgehead atoms. The molecule has 4 nitrogen and oxygen atoms in total. The van der Waals surface area contributed by atoms with Crippen molar-refractivity contribution in [2.75, 3.05) is 20.7 Å². The van der Waals surface area contributed by atoms with E-state index in [9.17, 15) is 4.79 Å². The number of carbonyl (C=O) groups excluding carboxylic acids is 1. The van der Waals surface area contributed by atoms with Crippen molar-refractivity contribution in [2.45, 2.75) is 38.9 Å². The molecular weight excluding hydrogens is 194 g/mol. The van der Waals surface area contributed by atoms with Crippen LogP contribution in [0.15, 0.2) is 0 Å². The molecule has 1 heterocycles. The highest BCUT2D eigenvalue weighted by Gasteiger charge is 2.27. The normalized spacial score (nSPS) is 26.5. The van der Waals surface area contributed by atoms with E-state index < -0.39 is 0 Å². The van der Waals surface area contributed by atoms with Gasteiger partial charge in [0.25, 0.3) is 0 Å². The minimum Gasteiger partial charge on any atom is -0.446 e. The summed E-state index contributed by atoms with van der Waals surface area (Å²) in [6.07, 6.45) is 1.60. The van der Waals surface area contributed by atoms with E-state index in [1.54, 1.807) is 14.1 Å². The Morgan fingerprint density at radius 2 is 2.13 bits per heavy atom. The monoisotopic (exact) mass is 215 g/mol. The van der Waals surface area contributed by atoms with E-state index >= 15 is 0 Å². The van der Waals surface area contributed by atoms with Crippen LogP contribution in [0, 0.1) is 5.92 Å². The summed E-state index contributed by atoms with van der Waals surface area (Å²) in [4.78, 5) is 12.8. The summed E-state index contributed by atoms with van der Waals surface area (Å²) in [5.74, 6) is 0.478. The lowest BCUT2D eigenvalue weighted by Gasteiger charge is -2.32. The van der Waals surface area contributed by atoms with Gasteiger partial charge in [-0.2, -0.15) is 0 Å². The molecule has 0 aromatic carbocycles. The van der Waals surface area contributed by atoms with Gasteiger partial charge in [-0.05, 0) is 5.92 Å². The highest BCUT2D eigenvalue weighted by molar-refractivity contribution is 5.66. The molecule has 2 atom stereocenters. The number of hydrogen-bond acceptors (Lipinski definition) is 3. The molecule has 0 aromatic heterocycles. The molecule has 4 heteroatoms. The minimum atomic E-state index is -0.260. The molecule has 0 radical (unpaired) electrons. The Labute approximate surface area is 91.5 Å². The van der Waals surface area contributed by atoms with Crippen molar-refractivity contribution in [3.8, 4) is 0 Å². The second-order valence-electron chi connectivity index (χ2n) is 4.58. The zero-order valence-electron chi connectivity index (χ0n) is 10.0. The quantitative estimate of drug-likeness (QED) is 0.706. The van der Waals surface area contributed by atoms with E-state index in [0.717, 1.165) is 12.8 Å². The van der Waals surface area contributed by atoms with Crippen molar-refractivity contribution in [1.82, 2.24) is 4.90 Å². The zero-order chi connectivity index (χ0) is 11.4. The molecule has 0 aliphatic carbocycles. The fourth-order valence-electron chi connectivity index (χ4n) is 1.62. The highest BCUT2D eigenvalue weighted by atomic mass is 16.6. The molecule has 1 amide bonds. The molecule has 0 saturated carbocycles. The molecule has 1 saturated heterocycles. The number of ether oxygens (including phenoxy) is 2. The lowest BCUT2D eigenvalue weighted by molar-refractivity contribution is -0.0696. The van der Waals surface area contributed by atoms with Crippen molar-refractivity contribution in [2.24, 2.45) is 5.92 Å². The molecule has 1 fully saturated rings. The van der Waals surface area contributed by atoms with E-state index in [4.69, 9.17) is 9.47 Å². The average molecular weight is 215 g/mol. The van der Waals surface area contributed by atoms with Gasteiger partial charge in [0.1, 0.15) is 6.10 Å². The molecule has 0 aromatic rings.